The van der Waals surface area contributed by atoms with E-state index in [1.807, 2.05) is 74.5 Å². The molecule has 0 N–H and O–H groups in total. The van der Waals surface area contributed by atoms with Crippen LogP contribution in [0, 0.1) is 0 Å². The van der Waals surface area contributed by atoms with Crippen LogP contribution in [0.2, 0.25) is 10.0 Å². The Hall–Kier alpha value is -3.42. The number of carbonyl (C=O) groups is 1. The minimum atomic E-state index is -0.412. The SMILES string of the molecule is CCOC(COc1ccc(-c2cccc(-c3cccc(-c4ccc(C=O)c(OC)n4)c3Cl)c2Cl)cc1)OCC. The van der Waals surface area contributed by atoms with Crippen molar-refractivity contribution in [3.8, 4) is 45.1 Å². The van der Waals surface area contributed by atoms with Crippen molar-refractivity contribution in [2.75, 3.05) is 26.9 Å². The maximum Gasteiger partial charge on any atom is 0.224 e. The van der Waals surface area contributed by atoms with Crippen molar-refractivity contribution in [3.05, 3.63) is 88.4 Å². The number of hydrogen-bond acceptors (Lipinski definition) is 6. The van der Waals surface area contributed by atoms with Gasteiger partial charge in [0, 0.05) is 35.5 Å². The van der Waals surface area contributed by atoms with E-state index in [0.717, 1.165) is 22.3 Å². The van der Waals surface area contributed by atoms with Gasteiger partial charge in [-0.1, -0.05) is 71.7 Å². The van der Waals surface area contributed by atoms with E-state index >= 15 is 0 Å². The summed E-state index contributed by atoms with van der Waals surface area (Å²) in [5, 5.41) is 1.06. The lowest BCUT2D eigenvalue weighted by atomic mass is 9.96. The van der Waals surface area contributed by atoms with Crippen molar-refractivity contribution >= 4 is 29.5 Å². The van der Waals surface area contributed by atoms with E-state index in [1.165, 1.54) is 7.11 Å². The number of carbonyl (C=O) groups excluding carboxylic acids is 1. The first kappa shape index (κ1) is 28.6. The molecule has 0 saturated heterocycles. The third-order valence-corrected chi connectivity index (χ3v) is 6.84. The number of hydrogen-bond donors (Lipinski definition) is 0. The lowest BCUT2D eigenvalue weighted by Crippen LogP contribution is -2.25. The van der Waals surface area contributed by atoms with Gasteiger partial charge in [-0.25, -0.2) is 4.98 Å². The molecule has 4 rings (SSSR count). The van der Waals surface area contributed by atoms with Crippen LogP contribution in [-0.2, 0) is 9.47 Å². The molecule has 0 bridgehead atoms. The standard InChI is InChI=1S/C31H29Cl2NO5/c1-4-37-28(38-5-2)19-39-22-15-12-20(13-16-22)23-8-6-9-24(29(23)32)25-10-7-11-26(30(25)33)27-17-14-21(18-35)31(34-27)36-3/h6-18,28H,4-5,19H2,1-3H3. The van der Waals surface area contributed by atoms with E-state index in [4.69, 9.17) is 42.1 Å². The Bertz CT molecular complexity index is 1420. The largest absolute Gasteiger partial charge is 0.488 e. The molecule has 0 radical (unpaired) electrons. The first-order valence-corrected chi connectivity index (χ1v) is 13.3. The van der Waals surface area contributed by atoms with Gasteiger partial charge in [0.2, 0.25) is 5.88 Å². The van der Waals surface area contributed by atoms with Gasteiger partial charge in [-0.2, -0.15) is 0 Å². The Morgan fingerprint density at radius 2 is 1.38 bits per heavy atom. The monoisotopic (exact) mass is 565 g/mol. The van der Waals surface area contributed by atoms with Crippen LogP contribution in [0.5, 0.6) is 11.6 Å². The molecular weight excluding hydrogens is 537 g/mol. The van der Waals surface area contributed by atoms with Gasteiger partial charge in [0.1, 0.15) is 12.4 Å². The van der Waals surface area contributed by atoms with Crippen LogP contribution in [0.4, 0.5) is 0 Å². The molecule has 1 heterocycles. The summed E-state index contributed by atoms with van der Waals surface area (Å²) in [4.78, 5) is 15.7. The van der Waals surface area contributed by atoms with Crippen molar-refractivity contribution in [1.29, 1.82) is 0 Å². The van der Waals surface area contributed by atoms with Crippen LogP contribution in [0.15, 0.2) is 72.8 Å². The third kappa shape index (κ3) is 6.60. The smallest absolute Gasteiger partial charge is 0.224 e. The van der Waals surface area contributed by atoms with Gasteiger partial charge < -0.3 is 18.9 Å². The normalized spacial score (nSPS) is 11.0. The molecule has 0 fully saturated rings. The Balaban J connectivity index is 1.62. The van der Waals surface area contributed by atoms with Gasteiger partial charge in [0.15, 0.2) is 12.6 Å². The Morgan fingerprint density at radius 1 is 0.795 bits per heavy atom. The molecule has 0 aliphatic rings. The Labute approximate surface area is 238 Å². The van der Waals surface area contributed by atoms with Gasteiger partial charge in [0.25, 0.3) is 0 Å². The minimum Gasteiger partial charge on any atom is -0.488 e. The van der Waals surface area contributed by atoms with Crippen molar-refractivity contribution in [3.63, 3.8) is 0 Å². The third-order valence-electron chi connectivity index (χ3n) is 6.03. The first-order valence-electron chi connectivity index (χ1n) is 12.5. The van der Waals surface area contributed by atoms with Crippen molar-refractivity contribution in [2.24, 2.45) is 0 Å². The number of rotatable bonds is 12. The van der Waals surface area contributed by atoms with E-state index < -0.39 is 6.29 Å². The fraction of sp³-hybridized carbons (Fsp3) is 0.226. The fourth-order valence-corrected chi connectivity index (χ4v) is 4.83. The molecule has 0 amide bonds. The van der Waals surface area contributed by atoms with Gasteiger partial charge in [-0.05, 0) is 43.7 Å². The number of pyridine rings is 1. The van der Waals surface area contributed by atoms with E-state index in [9.17, 15) is 4.79 Å². The summed E-state index contributed by atoms with van der Waals surface area (Å²) in [6, 6.07) is 22.6. The van der Waals surface area contributed by atoms with Crippen LogP contribution >= 0.6 is 23.2 Å². The van der Waals surface area contributed by atoms with E-state index in [-0.39, 0.29) is 5.88 Å². The average molecular weight is 566 g/mol. The molecule has 3 aromatic carbocycles. The highest BCUT2D eigenvalue weighted by Crippen LogP contribution is 2.42. The highest BCUT2D eigenvalue weighted by molar-refractivity contribution is 6.39. The summed E-state index contributed by atoms with van der Waals surface area (Å²) in [7, 11) is 1.47. The molecule has 0 saturated carbocycles. The second-order valence-corrected chi connectivity index (χ2v) is 9.18. The number of halogens is 2. The lowest BCUT2D eigenvalue weighted by Gasteiger charge is -2.17. The molecule has 39 heavy (non-hydrogen) atoms. The van der Waals surface area contributed by atoms with Crippen LogP contribution in [-0.4, -0.2) is 44.5 Å². The van der Waals surface area contributed by atoms with E-state index in [2.05, 4.69) is 4.98 Å². The maximum absolute atomic E-state index is 11.3. The number of aromatic nitrogens is 1. The van der Waals surface area contributed by atoms with Gasteiger partial charge in [-0.3, -0.25) is 4.79 Å². The minimum absolute atomic E-state index is 0.239. The van der Waals surface area contributed by atoms with E-state index in [0.29, 0.717) is 58.7 Å². The summed E-state index contributed by atoms with van der Waals surface area (Å²) < 4.78 is 22.2. The summed E-state index contributed by atoms with van der Waals surface area (Å²) in [6.07, 6.45) is 0.293. The predicted octanol–water partition coefficient (Wildman–Crippen LogP) is 7.99. The molecule has 6 nitrogen and oxygen atoms in total. The summed E-state index contributed by atoms with van der Waals surface area (Å²) in [5.41, 5.74) is 4.99. The molecule has 0 unspecified atom stereocenters. The summed E-state index contributed by atoms with van der Waals surface area (Å²) in [6.45, 7) is 5.23. The molecular formula is C31H29Cl2NO5. The number of ether oxygens (including phenoxy) is 4. The zero-order chi connectivity index (χ0) is 27.8. The molecule has 0 aliphatic heterocycles. The number of aldehydes is 1. The molecule has 4 aromatic rings. The highest BCUT2D eigenvalue weighted by Gasteiger charge is 2.17. The summed E-state index contributed by atoms with van der Waals surface area (Å²) in [5.74, 6) is 0.942. The van der Waals surface area contributed by atoms with Gasteiger partial charge in [0.05, 0.1) is 28.4 Å². The van der Waals surface area contributed by atoms with Crippen LogP contribution in [0.25, 0.3) is 33.5 Å². The van der Waals surface area contributed by atoms with Crippen molar-refractivity contribution in [1.82, 2.24) is 4.98 Å². The lowest BCUT2D eigenvalue weighted by molar-refractivity contribution is -0.152. The zero-order valence-electron chi connectivity index (χ0n) is 21.9. The predicted molar refractivity (Wildman–Crippen MR) is 155 cm³/mol. The highest BCUT2D eigenvalue weighted by atomic mass is 35.5. The maximum atomic E-state index is 11.3. The van der Waals surface area contributed by atoms with Crippen molar-refractivity contribution < 1.29 is 23.7 Å². The van der Waals surface area contributed by atoms with Gasteiger partial charge in [-0.15, -0.1) is 0 Å². The average Bonchev–Trinajstić information content (AvgIpc) is 2.96. The quantitative estimate of drug-likeness (QED) is 0.128. The second-order valence-electron chi connectivity index (χ2n) is 8.42. The van der Waals surface area contributed by atoms with Crippen LogP contribution in [0.1, 0.15) is 24.2 Å². The Morgan fingerprint density at radius 3 is 1.97 bits per heavy atom. The topological polar surface area (TPSA) is 66.9 Å². The number of methoxy groups -OCH3 is 1. The number of nitrogens with zero attached hydrogens (tertiary/aromatic N) is 1. The summed E-state index contributed by atoms with van der Waals surface area (Å²) >= 11 is 13.8. The van der Waals surface area contributed by atoms with Gasteiger partial charge >= 0.3 is 0 Å². The molecule has 1 aromatic heterocycles. The first-order chi connectivity index (χ1) is 19.0. The molecule has 8 heteroatoms. The van der Waals surface area contributed by atoms with Crippen LogP contribution in [0.3, 0.4) is 0 Å². The van der Waals surface area contributed by atoms with E-state index in [1.54, 1.807) is 12.1 Å². The Kier molecular flexibility index (Phi) is 9.96. The van der Waals surface area contributed by atoms with Crippen LogP contribution < -0.4 is 9.47 Å². The molecule has 0 aliphatic carbocycles. The molecule has 0 atom stereocenters. The van der Waals surface area contributed by atoms with Crippen molar-refractivity contribution in [2.45, 2.75) is 20.1 Å². The second kappa shape index (κ2) is 13.6. The molecule has 202 valence electrons. The number of benzene rings is 3. The zero-order valence-corrected chi connectivity index (χ0v) is 23.5. The molecule has 0 spiro atoms. The fourth-order valence-electron chi connectivity index (χ4n) is 4.17.